The molecule has 96 valence electrons. The number of likely N-dealkylation sites (N-methyl/N-ethyl adjacent to an activating group) is 1. The molecule has 1 aromatic rings. The highest BCUT2D eigenvalue weighted by Gasteiger charge is 2.33. The average Bonchev–Trinajstić information content (AvgIpc) is 2.81. The van der Waals surface area contributed by atoms with Gasteiger partial charge in [-0.15, -0.1) is 11.8 Å². The fourth-order valence-corrected chi connectivity index (χ4v) is 4.17. The first-order chi connectivity index (χ1) is 8.04. The van der Waals surface area contributed by atoms with E-state index in [0.29, 0.717) is 17.8 Å². The lowest BCUT2D eigenvalue weighted by Gasteiger charge is -2.22. The Balaban J connectivity index is 2.19. The van der Waals surface area contributed by atoms with Gasteiger partial charge < -0.3 is 15.5 Å². The highest BCUT2D eigenvalue weighted by molar-refractivity contribution is 7.99. The average molecular weight is 272 g/mol. The summed E-state index contributed by atoms with van der Waals surface area (Å²) in [6, 6.07) is 0.619. The number of hydrogen-bond donors (Lipinski definition) is 1. The Bertz CT molecular complexity index is 391. The van der Waals surface area contributed by atoms with Crippen molar-refractivity contribution in [2.24, 2.45) is 5.92 Å². The Labute approximate surface area is 111 Å². The summed E-state index contributed by atoms with van der Waals surface area (Å²) in [7, 11) is 4.31. The van der Waals surface area contributed by atoms with E-state index in [2.05, 4.69) is 41.4 Å². The van der Waals surface area contributed by atoms with E-state index in [1.165, 1.54) is 16.5 Å². The zero-order valence-electron chi connectivity index (χ0n) is 10.8. The van der Waals surface area contributed by atoms with Crippen molar-refractivity contribution in [3.63, 3.8) is 0 Å². The summed E-state index contributed by atoms with van der Waals surface area (Å²) in [5.41, 5.74) is 5.89. The molecular weight excluding hydrogens is 252 g/mol. The highest BCUT2D eigenvalue weighted by atomic mass is 32.2. The summed E-state index contributed by atoms with van der Waals surface area (Å²) in [4.78, 5) is 5.88. The third-order valence-electron chi connectivity index (χ3n) is 3.38. The normalized spacial score (nSPS) is 24.9. The summed E-state index contributed by atoms with van der Waals surface area (Å²) in [5.74, 6) is 1.36. The number of thioether (sulfide) groups is 1. The Hall–Kier alpha value is -0.460. The lowest BCUT2D eigenvalue weighted by atomic mass is 10.1. The van der Waals surface area contributed by atoms with Crippen molar-refractivity contribution in [2.75, 3.05) is 44.1 Å². The van der Waals surface area contributed by atoms with Crippen LogP contribution in [0.3, 0.4) is 0 Å². The molecule has 1 aliphatic heterocycles. The molecule has 17 heavy (non-hydrogen) atoms. The van der Waals surface area contributed by atoms with Crippen molar-refractivity contribution in [1.29, 1.82) is 0 Å². The number of nitrogen functional groups attached to an aromatic ring is 1. The minimum absolute atomic E-state index is 0.619. The predicted molar refractivity (Wildman–Crippen MR) is 77.2 cm³/mol. The molecule has 2 unspecified atom stereocenters. The van der Waals surface area contributed by atoms with Crippen LogP contribution in [-0.2, 0) is 0 Å². The van der Waals surface area contributed by atoms with Gasteiger partial charge in [0, 0.05) is 19.1 Å². The molecule has 0 spiro atoms. The molecule has 0 aromatic carbocycles. The molecule has 1 aliphatic rings. The summed E-state index contributed by atoms with van der Waals surface area (Å²) in [6.45, 7) is 4.48. The molecule has 1 fully saturated rings. The number of hydrogen-bond acceptors (Lipinski definition) is 6. The van der Waals surface area contributed by atoms with E-state index in [0.717, 1.165) is 18.0 Å². The van der Waals surface area contributed by atoms with E-state index in [1.54, 1.807) is 11.8 Å². The second-order valence-electron chi connectivity index (χ2n) is 4.82. The van der Waals surface area contributed by atoms with Gasteiger partial charge >= 0.3 is 0 Å². The van der Waals surface area contributed by atoms with Gasteiger partial charge in [0.15, 0.2) is 5.82 Å². The van der Waals surface area contributed by atoms with Gasteiger partial charge in [-0.25, -0.2) is 0 Å². The van der Waals surface area contributed by atoms with Gasteiger partial charge in [-0.3, -0.25) is 0 Å². The lowest BCUT2D eigenvalue weighted by Crippen LogP contribution is -2.34. The third kappa shape index (κ3) is 2.39. The fourth-order valence-electron chi connectivity index (χ4n) is 2.47. The monoisotopic (exact) mass is 272 g/mol. The van der Waals surface area contributed by atoms with Crippen LogP contribution in [0.5, 0.6) is 0 Å². The first-order valence-corrected chi connectivity index (χ1v) is 7.75. The van der Waals surface area contributed by atoms with Gasteiger partial charge in [-0.1, -0.05) is 6.92 Å². The molecule has 0 aliphatic carbocycles. The fraction of sp³-hybridized carbons (Fsp3) is 0.727. The SMILES string of the molecule is CSc1c(N)nsc1N1CC(C)C(N(C)C)C1. The molecule has 0 saturated carbocycles. The van der Waals surface area contributed by atoms with Gasteiger partial charge in [0.1, 0.15) is 5.00 Å². The van der Waals surface area contributed by atoms with Crippen LogP contribution >= 0.6 is 23.3 Å². The standard InChI is InChI=1S/C11H20N4S2/c1-7-5-15(6-8(7)14(2)3)11-9(16-4)10(12)13-17-11/h7-8H,5-6H2,1-4H3,(H2,12,13). The minimum atomic E-state index is 0.619. The van der Waals surface area contributed by atoms with Gasteiger partial charge in [0.05, 0.1) is 4.90 Å². The van der Waals surface area contributed by atoms with Gasteiger partial charge in [0.25, 0.3) is 0 Å². The number of anilines is 2. The lowest BCUT2D eigenvalue weighted by molar-refractivity contribution is 0.266. The Morgan fingerprint density at radius 3 is 2.71 bits per heavy atom. The first-order valence-electron chi connectivity index (χ1n) is 5.75. The van der Waals surface area contributed by atoms with Crippen LogP contribution in [0.15, 0.2) is 4.90 Å². The van der Waals surface area contributed by atoms with Crippen molar-refractivity contribution in [3.05, 3.63) is 0 Å². The Morgan fingerprint density at radius 2 is 2.18 bits per heavy atom. The van der Waals surface area contributed by atoms with E-state index in [1.807, 2.05) is 0 Å². The number of nitrogens with zero attached hydrogens (tertiary/aromatic N) is 3. The molecule has 6 heteroatoms. The molecule has 0 radical (unpaired) electrons. The predicted octanol–water partition coefficient (Wildman–Crippen LogP) is 1.83. The Kier molecular flexibility index (Phi) is 3.85. The van der Waals surface area contributed by atoms with Crippen LogP contribution in [0.1, 0.15) is 6.92 Å². The number of aromatic nitrogens is 1. The second-order valence-corrected chi connectivity index (χ2v) is 6.39. The molecular formula is C11H20N4S2. The molecule has 2 heterocycles. The maximum absolute atomic E-state index is 5.89. The quantitative estimate of drug-likeness (QED) is 0.851. The zero-order chi connectivity index (χ0) is 12.6. The van der Waals surface area contributed by atoms with Gasteiger partial charge in [-0.05, 0) is 37.8 Å². The van der Waals surface area contributed by atoms with Crippen LogP contribution in [0.2, 0.25) is 0 Å². The van der Waals surface area contributed by atoms with Gasteiger partial charge in [0.2, 0.25) is 0 Å². The van der Waals surface area contributed by atoms with Crippen molar-refractivity contribution in [3.8, 4) is 0 Å². The maximum Gasteiger partial charge on any atom is 0.153 e. The molecule has 0 amide bonds. The van der Waals surface area contributed by atoms with Crippen LogP contribution in [-0.4, -0.2) is 48.8 Å². The smallest absolute Gasteiger partial charge is 0.153 e. The molecule has 2 N–H and O–H groups in total. The van der Waals surface area contributed by atoms with Crippen molar-refractivity contribution in [2.45, 2.75) is 17.9 Å². The summed E-state index contributed by atoms with van der Waals surface area (Å²) < 4.78 is 4.27. The van der Waals surface area contributed by atoms with E-state index in [-0.39, 0.29) is 0 Å². The van der Waals surface area contributed by atoms with Crippen LogP contribution < -0.4 is 10.6 Å². The number of nitrogens with two attached hydrogens (primary N) is 1. The van der Waals surface area contributed by atoms with Crippen LogP contribution in [0, 0.1) is 5.92 Å². The van der Waals surface area contributed by atoms with Crippen LogP contribution in [0.25, 0.3) is 0 Å². The molecule has 1 aromatic heterocycles. The molecule has 0 bridgehead atoms. The van der Waals surface area contributed by atoms with Gasteiger partial charge in [-0.2, -0.15) is 4.37 Å². The summed E-state index contributed by atoms with van der Waals surface area (Å²) in [5, 5.41) is 1.24. The number of rotatable bonds is 3. The van der Waals surface area contributed by atoms with E-state index in [4.69, 9.17) is 5.73 Å². The van der Waals surface area contributed by atoms with Crippen molar-refractivity contribution < 1.29 is 0 Å². The third-order valence-corrected chi connectivity index (χ3v) is 5.25. The first kappa shape index (κ1) is 13.0. The topological polar surface area (TPSA) is 45.4 Å². The molecule has 2 rings (SSSR count). The van der Waals surface area contributed by atoms with E-state index in [9.17, 15) is 0 Å². The van der Waals surface area contributed by atoms with Crippen LogP contribution in [0.4, 0.5) is 10.8 Å². The highest BCUT2D eigenvalue weighted by Crippen LogP contribution is 2.39. The largest absolute Gasteiger partial charge is 0.382 e. The summed E-state index contributed by atoms with van der Waals surface area (Å²) in [6.07, 6.45) is 2.06. The molecule has 1 saturated heterocycles. The van der Waals surface area contributed by atoms with Crippen molar-refractivity contribution in [1.82, 2.24) is 9.27 Å². The Morgan fingerprint density at radius 1 is 1.47 bits per heavy atom. The summed E-state index contributed by atoms with van der Waals surface area (Å²) >= 11 is 3.22. The zero-order valence-corrected chi connectivity index (χ0v) is 12.4. The molecule has 2 atom stereocenters. The second kappa shape index (κ2) is 5.04. The molecule has 4 nitrogen and oxygen atoms in total. The van der Waals surface area contributed by atoms with E-state index >= 15 is 0 Å². The van der Waals surface area contributed by atoms with Crippen molar-refractivity contribution >= 4 is 34.1 Å². The van der Waals surface area contributed by atoms with E-state index < -0.39 is 0 Å². The maximum atomic E-state index is 5.89. The minimum Gasteiger partial charge on any atom is -0.382 e.